The molecule has 0 spiro atoms. The van der Waals surface area contributed by atoms with Gasteiger partial charge >= 0.3 is 17.6 Å². The molecule has 1 saturated heterocycles. The molecule has 142 valence electrons. The molecule has 2 rings (SSSR count). The van der Waals surface area contributed by atoms with Crippen LogP contribution in [0.2, 0.25) is 0 Å². The summed E-state index contributed by atoms with van der Waals surface area (Å²) in [6.45, 7) is 2.38. The van der Waals surface area contributed by atoms with Crippen LogP contribution in [0.1, 0.15) is 32.1 Å². The normalized spacial score (nSPS) is 22.9. The Balaban J connectivity index is 2.33. The SMILES string of the molecule is CC(=O)OC[C@H]1O[C@@H](n2cc(/C(Br)=C\I)c(=O)[nH]c2=O)C[C@@H]1OC(C)=O. The Morgan fingerprint density at radius 3 is 2.69 bits per heavy atom. The Morgan fingerprint density at radius 1 is 1.42 bits per heavy atom. The van der Waals surface area contributed by atoms with E-state index in [0.717, 1.165) is 0 Å². The first-order chi connectivity index (χ1) is 12.2. The van der Waals surface area contributed by atoms with Crippen molar-refractivity contribution < 1.29 is 23.8 Å². The molecule has 0 unspecified atom stereocenters. The molecule has 9 nitrogen and oxygen atoms in total. The van der Waals surface area contributed by atoms with Crippen molar-refractivity contribution in [3.8, 4) is 0 Å². The molecule has 1 aliphatic heterocycles. The monoisotopic (exact) mass is 542 g/mol. The van der Waals surface area contributed by atoms with E-state index in [1.807, 2.05) is 22.6 Å². The highest BCUT2D eigenvalue weighted by Gasteiger charge is 2.39. The lowest BCUT2D eigenvalue weighted by molar-refractivity contribution is -0.155. The molecule has 1 aromatic rings. The largest absolute Gasteiger partial charge is 0.463 e. The van der Waals surface area contributed by atoms with Gasteiger partial charge in [-0.25, -0.2) is 4.79 Å². The number of aromatic nitrogens is 2. The first-order valence-corrected chi connectivity index (χ1v) is 9.54. The Morgan fingerprint density at radius 2 is 2.12 bits per heavy atom. The molecule has 1 aliphatic rings. The molecular weight excluding hydrogens is 527 g/mol. The molecule has 3 atom stereocenters. The fraction of sp³-hybridized carbons (Fsp3) is 0.467. The van der Waals surface area contributed by atoms with Gasteiger partial charge in [0.15, 0.2) is 0 Å². The maximum Gasteiger partial charge on any atom is 0.330 e. The van der Waals surface area contributed by atoms with Gasteiger partial charge in [0.1, 0.15) is 25.0 Å². The van der Waals surface area contributed by atoms with Crippen molar-refractivity contribution in [1.82, 2.24) is 9.55 Å². The maximum absolute atomic E-state index is 12.2. The maximum atomic E-state index is 12.2. The number of rotatable bonds is 5. The Kier molecular flexibility index (Phi) is 7.17. The second-order valence-electron chi connectivity index (χ2n) is 5.48. The second-order valence-corrected chi connectivity index (χ2v) is 6.96. The summed E-state index contributed by atoms with van der Waals surface area (Å²) in [6.07, 6.45) is -0.675. The van der Waals surface area contributed by atoms with Gasteiger partial charge in [-0.05, 0) is 20.0 Å². The third-order valence-corrected chi connectivity index (χ3v) is 5.71. The zero-order chi connectivity index (χ0) is 19.4. The van der Waals surface area contributed by atoms with E-state index in [1.54, 1.807) is 4.08 Å². The quantitative estimate of drug-likeness (QED) is 0.442. The number of aromatic amines is 1. The van der Waals surface area contributed by atoms with Crippen LogP contribution >= 0.6 is 38.5 Å². The van der Waals surface area contributed by atoms with Crippen LogP contribution in [0.25, 0.3) is 4.48 Å². The van der Waals surface area contributed by atoms with Crippen LogP contribution in [0.3, 0.4) is 0 Å². The summed E-state index contributed by atoms with van der Waals surface area (Å²) >= 11 is 5.20. The van der Waals surface area contributed by atoms with Crippen molar-refractivity contribution in [2.24, 2.45) is 0 Å². The number of carbonyl (C=O) groups excluding carboxylic acids is 2. The van der Waals surface area contributed by atoms with Gasteiger partial charge in [0.25, 0.3) is 5.56 Å². The topological polar surface area (TPSA) is 117 Å². The minimum atomic E-state index is -0.794. The van der Waals surface area contributed by atoms with Gasteiger partial charge < -0.3 is 14.2 Å². The molecule has 1 N–H and O–H groups in total. The van der Waals surface area contributed by atoms with Gasteiger partial charge in [-0.3, -0.25) is 23.9 Å². The van der Waals surface area contributed by atoms with E-state index >= 15 is 0 Å². The predicted molar refractivity (Wildman–Crippen MR) is 103 cm³/mol. The van der Waals surface area contributed by atoms with Crippen molar-refractivity contribution >= 4 is 54.9 Å². The minimum absolute atomic E-state index is 0.119. The lowest BCUT2D eigenvalue weighted by atomic mass is 10.2. The molecule has 26 heavy (non-hydrogen) atoms. The highest BCUT2D eigenvalue weighted by Crippen LogP contribution is 2.31. The lowest BCUT2D eigenvalue weighted by Crippen LogP contribution is -2.34. The van der Waals surface area contributed by atoms with Crippen molar-refractivity contribution in [3.05, 3.63) is 36.7 Å². The minimum Gasteiger partial charge on any atom is -0.463 e. The van der Waals surface area contributed by atoms with Crippen LogP contribution in [0, 0.1) is 0 Å². The number of carbonyl (C=O) groups is 2. The summed E-state index contributed by atoms with van der Waals surface area (Å²) in [4.78, 5) is 48.7. The number of hydrogen-bond acceptors (Lipinski definition) is 7. The summed E-state index contributed by atoms with van der Waals surface area (Å²) in [6, 6.07) is 0. The fourth-order valence-corrected chi connectivity index (χ4v) is 3.10. The summed E-state index contributed by atoms with van der Waals surface area (Å²) in [5.41, 5.74) is -0.959. The standard InChI is InChI=1S/C15H16BrIN2O7/c1-7(20)24-6-12-11(25-8(2)21)3-13(26-12)19-5-9(10(16)4-17)14(22)18-15(19)23/h4-5,11-13H,3,6H2,1-2H3,(H,18,22,23)/b10-4+/t11-,12+,13+/m0/s1. The summed E-state index contributed by atoms with van der Waals surface area (Å²) in [5.74, 6) is -1.02. The molecular formula is C15H16BrIN2O7. The predicted octanol–water partition coefficient (Wildman–Crippen LogP) is 1.45. The number of H-pyrrole nitrogens is 1. The van der Waals surface area contributed by atoms with Crippen molar-refractivity contribution in [2.45, 2.75) is 38.7 Å². The van der Waals surface area contributed by atoms with E-state index in [0.29, 0.717) is 4.48 Å². The molecule has 0 aromatic carbocycles. The Labute approximate surface area is 170 Å². The van der Waals surface area contributed by atoms with E-state index in [-0.39, 0.29) is 18.6 Å². The fourth-order valence-electron chi connectivity index (χ4n) is 2.49. The summed E-state index contributed by atoms with van der Waals surface area (Å²) in [5, 5.41) is 0. The van der Waals surface area contributed by atoms with Crippen molar-refractivity contribution in [1.29, 1.82) is 0 Å². The first-order valence-electron chi connectivity index (χ1n) is 7.50. The van der Waals surface area contributed by atoms with Crippen LogP contribution in [0.15, 0.2) is 19.9 Å². The third kappa shape index (κ3) is 5.04. The van der Waals surface area contributed by atoms with Crippen LogP contribution in [-0.4, -0.2) is 40.3 Å². The molecule has 0 saturated carbocycles. The second kappa shape index (κ2) is 8.95. The van der Waals surface area contributed by atoms with E-state index in [1.165, 1.54) is 24.6 Å². The van der Waals surface area contributed by atoms with Crippen LogP contribution in [-0.2, 0) is 23.8 Å². The molecule has 1 fully saturated rings. The Bertz CT molecular complexity index is 847. The molecule has 2 heterocycles. The number of halogens is 2. The van der Waals surface area contributed by atoms with Crippen LogP contribution in [0.4, 0.5) is 0 Å². The average Bonchev–Trinajstić information content (AvgIpc) is 2.94. The van der Waals surface area contributed by atoms with Gasteiger partial charge in [-0.2, -0.15) is 0 Å². The first kappa shape index (κ1) is 20.8. The number of hydrogen-bond donors (Lipinski definition) is 1. The molecule has 0 amide bonds. The van der Waals surface area contributed by atoms with Gasteiger partial charge in [0.05, 0.1) is 5.56 Å². The lowest BCUT2D eigenvalue weighted by Gasteiger charge is -2.17. The zero-order valence-electron chi connectivity index (χ0n) is 13.9. The van der Waals surface area contributed by atoms with E-state index in [9.17, 15) is 19.2 Å². The number of nitrogens with one attached hydrogen (secondary N) is 1. The van der Waals surface area contributed by atoms with Crippen LogP contribution in [0.5, 0.6) is 0 Å². The summed E-state index contributed by atoms with van der Waals surface area (Å²) in [7, 11) is 0. The molecule has 1 aromatic heterocycles. The summed E-state index contributed by atoms with van der Waals surface area (Å²) < 4.78 is 19.2. The molecule has 0 bridgehead atoms. The van der Waals surface area contributed by atoms with Gasteiger partial charge in [-0.15, -0.1) is 0 Å². The Hall–Kier alpha value is -1.47. The highest BCUT2D eigenvalue weighted by atomic mass is 127. The van der Waals surface area contributed by atoms with Crippen molar-refractivity contribution in [3.63, 3.8) is 0 Å². The zero-order valence-corrected chi connectivity index (χ0v) is 17.6. The smallest absolute Gasteiger partial charge is 0.330 e. The molecule has 0 aliphatic carbocycles. The highest BCUT2D eigenvalue weighted by molar-refractivity contribution is 14.1. The molecule has 0 radical (unpaired) electrons. The third-order valence-electron chi connectivity index (χ3n) is 3.58. The van der Waals surface area contributed by atoms with Crippen LogP contribution < -0.4 is 11.2 Å². The van der Waals surface area contributed by atoms with Crippen molar-refractivity contribution in [2.75, 3.05) is 6.61 Å². The van der Waals surface area contributed by atoms with E-state index in [4.69, 9.17) is 14.2 Å². The van der Waals surface area contributed by atoms with Gasteiger partial charge in [-0.1, -0.05) is 22.6 Å². The molecule has 11 heteroatoms. The number of esters is 2. The number of ether oxygens (including phenoxy) is 3. The van der Waals surface area contributed by atoms with Gasteiger partial charge in [0, 0.05) is 30.9 Å². The van der Waals surface area contributed by atoms with E-state index < -0.39 is 41.6 Å². The average molecular weight is 543 g/mol. The van der Waals surface area contributed by atoms with Gasteiger partial charge in [0.2, 0.25) is 0 Å². The number of nitrogens with zero attached hydrogens (tertiary/aromatic N) is 1. The van der Waals surface area contributed by atoms with E-state index in [2.05, 4.69) is 20.9 Å².